The molecule has 0 radical (unpaired) electrons. The molecule has 0 amide bonds. The zero-order valence-electron chi connectivity index (χ0n) is 9.17. The second-order valence-electron chi connectivity index (χ2n) is 2.98. The van der Waals surface area contributed by atoms with Crippen molar-refractivity contribution in [3.05, 3.63) is 39.8 Å². The maximum Gasteiger partial charge on any atom is 0.339 e. The van der Waals surface area contributed by atoms with Crippen molar-refractivity contribution in [1.82, 2.24) is 0 Å². The first-order chi connectivity index (χ1) is 8.19. The molecule has 0 aliphatic rings. The van der Waals surface area contributed by atoms with E-state index >= 15 is 0 Å². The van der Waals surface area contributed by atoms with Crippen molar-refractivity contribution in [3.63, 3.8) is 0 Å². The summed E-state index contributed by atoms with van der Waals surface area (Å²) in [6, 6.07) is 4.78. The van der Waals surface area contributed by atoms with Crippen molar-refractivity contribution in [2.24, 2.45) is 5.11 Å². The van der Waals surface area contributed by atoms with Gasteiger partial charge in [0.25, 0.3) is 0 Å². The molecule has 6 nitrogen and oxygen atoms in total. The van der Waals surface area contributed by atoms with Gasteiger partial charge in [0, 0.05) is 16.2 Å². The Bertz CT molecular complexity index is 536. The van der Waals surface area contributed by atoms with E-state index in [2.05, 4.69) is 26.6 Å². The first-order valence-corrected chi connectivity index (χ1v) is 4.66. The second-order valence-corrected chi connectivity index (χ2v) is 2.98. The van der Waals surface area contributed by atoms with Crippen LogP contribution in [0.4, 0.5) is 5.69 Å². The van der Waals surface area contributed by atoms with E-state index < -0.39 is 5.97 Å². The molecule has 6 heteroatoms. The fraction of sp³-hybridized carbons (Fsp3) is 0.182. The van der Waals surface area contributed by atoms with E-state index in [1.54, 1.807) is 12.1 Å². The summed E-state index contributed by atoms with van der Waals surface area (Å²) >= 11 is 0. The third kappa shape index (κ3) is 3.45. The number of nitrogen functional groups attached to an aromatic ring is 1. The fourth-order valence-corrected chi connectivity index (χ4v) is 1.13. The molecule has 0 saturated heterocycles. The van der Waals surface area contributed by atoms with E-state index in [-0.39, 0.29) is 12.1 Å². The van der Waals surface area contributed by atoms with Crippen molar-refractivity contribution in [3.8, 4) is 11.8 Å². The molecule has 0 saturated carbocycles. The summed E-state index contributed by atoms with van der Waals surface area (Å²) in [5.41, 5.74) is 14.9. The Kier molecular flexibility index (Phi) is 4.43. The summed E-state index contributed by atoms with van der Waals surface area (Å²) in [7, 11) is 1.28. The Balaban J connectivity index is 2.98. The maximum absolute atomic E-state index is 11.3. The van der Waals surface area contributed by atoms with Gasteiger partial charge < -0.3 is 10.5 Å². The van der Waals surface area contributed by atoms with Gasteiger partial charge in [-0.15, -0.1) is 0 Å². The normalized spacial score (nSPS) is 8.53. The molecule has 0 fully saturated rings. The quantitative estimate of drug-likeness (QED) is 0.209. The minimum atomic E-state index is -0.513. The lowest BCUT2D eigenvalue weighted by Crippen LogP contribution is -2.05. The summed E-state index contributed by atoms with van der Waals surface area (Å²) in [5, 5.41) is 3.27. The lowest BCUT2D eigenvalue weighted by molar-refractivity contribution is 0.0602. The number of nitrogens with zero attached hydrogens (tertiary/aromatic N) is 3. The Hall–Kier alpha value is -2.64. The van der Waals surface area contributed by atoms with Crippen LogP contribution >= 0.6 is 0 Å². The number of azide groups is 1. The number of benzene rings is 1. The molecule has 1 aromatic carbocycles. The number of esters is 1. The molecule has 0 spiro atoms. The third-order valence-electron chi connectivity index (χ3n) is 1.90. The molecule has 17 heavy (non-hydrogen) atoms. The molecule has 1 aromatic rings. The van der Waals surface area contributed by atoms with Crippen LogP contribution < -0.4 is 5.73 Å². The Labute approximate surface area is 98.0 Å². The number of carbonyl (C=O) groups excluding carboxylic acids is 1. The number of nitrogens with two attached hydrogens (primary N) is 1. The van der Waals surface area contributed by atoms with E-state index in [9.17, 15) is 4.79 Å². The van der Waals surface area contributed by atoms with E-state index in [0.29, 0.717) is 11.3 Å². The van der Waals surface area contributed by atoms with E-state index in [0.717, 1.165) is 0 Å². The standard InChI is InChI=1S/C11H10N4O2/c1-17-11(16)9-7-8(4-5-10(9)12)3-2-6-14-15-13/h4-5,7H,6,12H2,1H3. The van der Waals surface area contributed by atoms with Gasteiger partial charge in [0.05, 0.1) is 19.2 Å². The molecule has 86 valence electrons. The number of methoxy groups -OCH3 is 1. The van der Waals surface area contributed by atoms with Crippen molar-refractivity contribution in [2.45, 2.75) is 0 Å². The van der Waals surface area contributed by atoms with Gasteiger partial charge in [-0.3, -0.25) is 0 Å². The molecule has 0 unspecified atom stereocenters. The zero-order chi connectivity index (χ0) is 12.7. The summed E-state index contributed by atoms with van der Waals surface area (Å²) < 4.78 is 4.58. The molecule has 0 aliphatic heterocycles. The number of rotatable bonds is 2. The first-order valence-electron chi connectivity index (χ1n) is 4.66. The molecular weight excluding hydrogens is 220 g/mol. The van der Waals surface area contributed by atoms with Crippen LogP contribution in [-0.2, 0) is 4.74 Å². The lowest BCUT2D eigenvalue weighted by Gasteiger charge is -2.03. The predicted octanol–water partition coefficient (Wildman–Crippen LogP) is 1.72. The zero-order valence-corrected chi connectivity index (χ0v) is 9.17. The van der Waals surface area contributed by atoms with Crippen LogP contribution in [0.3, 0.4) is 0 Å². The second kappa shape index (κ2) is 6.05. The molecule has 0 bridgehead atoms. The Morgan fingerprint density at radius 1 is 1.65 bits per heavy atom. The maximum atomic E-state index is 11.3. The van der Waals surface area contributed by atoms with Crippen molar-refractivity contribution in [2.75, 3.05) is 19.4 Å². The van der Waals surface area contributed by atoms with Crippen LogP contribution in [-0.4, -0.2) is 19.6 Å². The summed E-state index contributed by atoms with van der Waals surface area (Å²) in [6.07, 6.45) is 0. The Morgan fingerprint density at radius 2 is 2.41 bits per heavy atom. The minimum Gasteiger partial charge on any atom is -0.465 e. The van der Waals surface area contributed by atoms with Crippen LogP contribution in [0.2, 0.25) is 0 Å². The summed E-state index contributed by atoms with van der Waals surface area (Å²) in [4.78, 5) is 13.9. The van der Waals surface area contributed by atoms with Gasteiger partial charge in [-0.2, -0.15) is 0 Å². The molecule has 0 heterocycles. The lowest BCUT2D eigenvalue weighted by atomic mass is 10.1. The first kappa shape index (κ1) is 12.4. The topological polar surface area (TPSA) is 101 Å². The highest BCUT2D eigenvalue weighted by atomic mass is 16.5. The number of anilines is 1. The van der Waals surface area contributed by atoms with E-state index in [4.69, 9.17) is 11.3 Å². The van der Waals surface area contributed by atoms with Crippen LogP contribution in [0.1, 0.15) is 15.9 Å². The van der Waals surface area contributed by atoms with Gasteiger partial charge in [-0.1, -0.05) is 17.0 Å². The van der Waals surface area contributed by atoms with Crippen LogP contribution in [0.5, 0.6) is 0 Å². The van der Waals surface area contributed by atoms with Gasteiger partial charge in [0.15, 0.2) is 0 Å². The number of hydrogen-bond acceptors (Lipinski definition) is 4. The van der Waals surface area contributed by atoms with Crippen LogP contribution in [0.25, 0.3) is 10.4 Å². The van der Waals surface area contributed by atoms with Crippen LogP contribution in [0.15, 0.2) is 23.3 Å². The van der Waals surface area contributed by atoms with Crippen molar-refractivity contribution >= 4 is 11.7 Å². The van der Waals surface area contributed by atoms with E-state index in [1.165, 1.54) is 13.2 Å². The number of hydrogen-bond donors (Lipinski definition) is 1. The number of ether oxygens (including phenoxy) is 1. The molecule has 1 rings (SSSR count). The largest absolute Gasteiger partial charge is 0.465 e. The predicted molar refractivity (Wildman–Crippen MR) is 63.1 cm³/mol. The minimum absolute atomic E-state index is 0.0778. The monoisotopic (exact) mass is 230 g/mol. The highest BCUT2D eigenvalue weighted by molar-refractivity contribution is 5.95. The highest BCUT2D eigenvalue weighted by Gasteiger charge is 2.09. The smallest absolute Gasteiger partial charge is 0.339 e. The molecule has 0 atom stereocenters. The molecule has 0 aliphatic carbocycles. The summed E-state index contributed by atoms with van der Waals surface area (Å²) in [6.45, 7) is 0.0778. The van der Waals surface area contributed by atoms with Gasteiger partial charge in [-0.05, 0) is 23.7 Å². The van der Waals surface area contributed by atoms with Crippen LogP contribution in [0, 0.1) is 11.8 Å². The summed E-state index contributed by atoms with van der Waals surface area (Å²) in [5.74, 6) is 4.88. The van der Waals surface area contributed by atoms with E-state index in [1.807, 2.05) is 0 Å². The average molecular weight is 230 g/mol. The van der Waals surface area contributed by atoms with Gasteiger partial charge >= 0.3 is 5.97 Å². The Morgan fingerprint density at radius 3 is 3.06 bits per heavy atom. The fourth-order valence-electron chi connectivity index (χ4n) is 1.13. The highest BCUT2D eigenvalue weighted by Crippen LogP contribution is 2.14. The van der Waals surface area contributed by atoms with Gasteiger partial charge in [-0.25, -0.2) is 4.79 Å². The molecule has 2 N–H and O–H groups in total. The number of carbonyl (C=O) groups is 1. The SMILES string of the molecule is COC(=O)c1cc(C#CCN=[N+]=[N-])ccc1N. The molecular formula is C11H10N4O2. The van der Waals surface area contributed by atoms with Crippen molar-refractivity contribution in [1.29, 1.82) is 0 Å². The average Bonchev–Trinajstić information content (AvgIpc) is 2.35. The van der Waals surface area contributed by atoms with Gasteiger partial charge in [0.1, 0.15) is 0 Å². The third-order valence-corrected chi connectivity index (χ3v) is 1.90. The van der Waals surface area contributed by atoms with Crippen molar-refractivity contribution < 1.29 is 9.53 Å². The van der Waals surface area contributed by atoms with Gasteiger partial charge in [0.2, 0.25) is 0 Å². The molecule has 0 aromatic heterocycles.